The van der Waals surface area contributed by atoms with E-state index in [1.807, 2.05) is 12.1 Å². The van der Waals surface area contributed by atoms with E-state index < -0.39 is 6.10 Å². The van der Waals surface area contributed by atoms with Crippen molar-refractivity contribution < 1.29 is 9.84 Å². The Morgan fingerprint density at radius 3 is 2.58 bits per heavy atom. The first-order chi connectivity index (χ1) is 9.28. The van der Waals surface area contributed by atoms with Crippen LogP contribution in [0.4, 0.5) is 0 Å². The van der Waals surface area contributed by atoms with Crippen LogP contribution in [-0.4, -0.2) is 30.4 Å². The lowest BCUT2D eigenvalue weighted by atomic mass is 10.2. The zero-order valence-electron chi connectivity index (χ0n) is 11.5. The molecule has 1 atom stereocenters. The first-order valence-corrected chi connectivity index (χ1v) is 7.06. The molecule has 1 unspecified atom stereocenters. The van der Waals surface area contributed by atoms with E-state index in [4.69, 9.17) is 4.74 Å². The molecule has 0 aromatic heterocycles. The van der Waals surface area contributed by atoms with Crippen molar-refractivity contribution >= 4 is 0 Å². The van der Waals surface area contributed by atoms with Crippen LogP contribution in [0.15, 0.2) is 36.4 Å². The quantitative estimate of drug-likeness (QED) is 0.740. The lowest BCUT2D eigenvalue weighted by Gasteiger charge is -2.16. The van der Waals surface area contributed by atoms with Crippen molar-refractivity contribution in [2.75, 3.05) is 13.2 Å². The molecule has 1 aromatic rings. The third kappa shape index (κ3) is 4.69. The van der Waals surface area contributed by atoms with Crippen molar-refractivity contribution in [3.63, 3.8) is 0 Å². The van der Waals surface area contributed by atoms with Gasteiger partial charge in [0, 0.05) is 12.6 Å². The maximum atomic E-state index is 9.86. The molecular weight excluding hydrogens is 238 g/mol. The maximum absolute atomic E-state index is 9.86. The summed E-state index contributed by atoms with van der Waals surface area (Å²) in [5, 5.41) is 13.2. The standard InChI is InChI=1S/C16H23NO2/c1-2-13-7-9-16(10-8-13)19-12-15(18)11-17-14-5-3-4-6-14/h3-4,7-10,14-15,17-18H,2,5-6,11-12H2,1H3. The van der Waals surface area contributed by atoms with Gasteiger partial charge in [0.05, 0.1) is 0 Å². The van der Waals surface area contributed by atoms with Crippen molar-refractivity contribution in [1.82, 2.24) is 5.32 Å². The van der Waals surface area contributed by atoms with Crippen LogP contribution >= 0.6 is 0 Å². The third-order valence-electron chi connectivity index (χ3n) is 3.42. The van der Waals surface area contributed by atoms with Gasteiger partial charge >= 0.3 is 0 Å². The molecule has 0 fully saturated rings. The fourth-order valence-corrected chi connectivity index (χ4v) is 2.16. The zero-order chi connectivity index (χ0) is 13.5. The highest BCUT2D eigenvalue weighted by atomic mass is 16.5. The Kier molecular flexibility index (Phi) is 5.43. The summed E-state index contributed by atoms with van der Waals surface area (Å²) in [6, 6.07) is 8.52. The predicted octanol–water partition coefficient (Wildman–Crippen LogP) is 2.30. The Bertz CT molecular complexity index is 392. The Morgan fingerprint density at radius 1 is 1.26 bits per heavy atom. The number of nitrogens with one attached hydrogen (secondary N) is 1. The lowest BCUT2D eigenvalue weighted by molar-refractivity contribution is 0.104. The maximum Gasteiger partial charge on any atom is 0.119 e. The van der Waals surface area contributed by atoms with Gasteiger partial charge in [0.25, 0.3) is 0 Å². The van der Waals surface area contributed by atoms with E-state index in [9.17, 15) is 5.11 Å². The molecule has 3 nitrogen and oxygen atoms in total. The number of aliphatic hydroxyl groups is 1. The number of hydrogen-bond acceptors (Lipinski definition) is 3. The Hall–Kier alpha value is -1.32. The number of ether oxygens (including phenoxy) is 1. The van der Waals surface area contributed by atoms with Crippen LogP contribution in [0.2, 0.25) is 0 Å². The molecule has 1 aromatic carbocycles. The number of aliphatic hydroxyl groups excluding tert-OH is 1. The molecule has 0 aliphatic heterocycles. The molecule has 0 saturated carbocycles. The first-order valence-electron chi connectivity index (χ1n) is 7.06. The summed E-state index contributed by atoms with van der Waals surface area (Å²) in [5.74, 6) is 0.818. The van der Waals surface area contributed by atoms with Gasteiger partial charge in [0.15, 0.2) is 0 Å². The van der Waals surface area contributed by atoms with Crippen LogP contribution in [0.1, 0.15) is 25.3 Å². The van der Waals surface area contributed by atoms with Gasteiger partial charge in [-0.15, -0.1) is 0 Å². The second kappa shape index (κ2) is 7.31. The second-order valence-electron chi connectivity index (χ2n) is 5.01. The topological polar surface area (TPSA) is 41.5 Å². The fourth-order valence-electron chi connectivity index (χ4n) is 2.16. The fraction of sp³-hybridized carbons (Fsp3) is 0.500. The molecule has 3 heteroatoms. The van der Waals surface area contributed by atoms with Crippen LogP contribution in [0.5, 0.6) is 5.75 Å². The van der Waals surface area contributed by atoms with Gasteiger partial charge in [-0.05, 0) is 37.0 Å². The van der Waals surface area contributed by atoms with E-state index in [1.165, 1.54) is 5.56 Å². The van der Waals surface area contributed by atoms with Crippen molar-refractivity contribution in [2.45, 2.75) is 38.3 Å². The molecule has 2 rings (SSSR count). The minimum Gasteiger partial charge on any atom is -0.491 e. The SMILES string of the molecule is CCc1ccc(OCC(O)CNC2CC=CC2)cc1. The van der Waals surface area contributed by atoms with Crippen LogP contribution in [0.25, 0.3) is 0 Å². The second-order valence-corrected chi connectivity index (χ2v) is 5.01. The number of aryl methyl sites for hydroxylation is 1. The van der Waals surface area contributed by atoms with Crippen molar-refractivity contribution in [3.05, 3.63) is 42.0 Å². The molecule has 1 aliphatic carbocycles. The molecule has 1 aliphatic rings. The number of rotatable bonds is 7. The molecule has 0 amide bonds. The Morgan fingerprint density at radius 2 is 1.95 bits per heavy atom. The number of benzene rings is 1. The van der Waals surface area contributed by atoms with Gasteiger partial charge in [-0.2, -0.15) is 0 Å². The average Bonchev–Trinajstić information content (AvgIpc) is 2.96. The van der Waals surface area contributed by atoms with Crippen LogP contribution < -0.4 is 10.1 Å². The molecule has 0 saturated heterocycles. The summed E-state index contributed by atoms with van der Waals surface area (Å²) in [7, 11) is 0. The highest BCUT2D eigenvalue weighted by molar-refractivity contribution is 5.27. The van der Waals surface area contributed by atoms with Gasteiger partial charge in [0.2, 0.25) is 0 Å². The van der Waals surface area contributed by atoms with E-state index in [2.05, 4.69) is 36.5 Å². The highest BCUT2D eigenvalue weighted by Gasteiger charge is 2.12. The zero-order valence-corrected chi connectivity index (χ0v) is 11.5. The normalized spacial score (nSPS) is 16.7. The van der Waals surface area contributed by atoms with Crippen molar-refractivity contribution in [1.29, 1.82) is 0 Å². The van der Waals surface area contributed by atoms with E-state index in [1.54, 1.807) is 0 Å². The van der Waals surface area contributed by atoms with Crippen molar-refractivity contribution in [2.24, 2.45) is 0 Å². The molecule has 0 radical (unpaired) electrons. The van der Waals surface area contributed by atoms with E-state index in [0.717, 1.165) is 25.0 Å². The van der Waals surface area contributed by atoms with E-state index in [0.29, 0.717) is 19.2 Å². The molecular formula is C16H23NO2. The van der Waals surface area contributed by atoms with Gasteiger partial charge in [-0.3, -0.25) is 0 Å². The first kappa shape index (κ1) is 14.1. The summed E-state index contributed by atoms with van der Waals surface area (Å²) >= 11 is 0. The van der Waals surface area contributed by atoms with Crippen LogP contribution in [0, 0.1) is 0 Å². The van der Waals surface area contributed by atoms with Gasteiger partial charge in [-0.1, -0.05) is 31.2 Å². The largest absolute Gasteiger partial charge is 0.491 e. The van der Waals surface area contributed by atoms with E-state index >= 15 is 0 Å². The highest BCUT2D eigenvalue weighted by Crippen LogP contribution is 2.13. The van der Waals surface area contributed by atoms with Crippen molar-refractivity contribution in [3.8, 4) is 5.75 Å². The lowest BCUT2D eigenvalue weighted by Crippen LogP contribution is -2.36. The molecule has 0 spiro atoms. The smallest absolute Gasteiger partial charge is 0.119 e. The molecule has 2 N–H and O–H groups in total. The molecule has 0 heterocycles. The van der Waals surface area contributed by atoms with Crippen LogP contribution in [-0.2, 0) is 6.42 Å². The molecule has 19 heavy (non-hydrogen) atoms. The summed E-state index contributed by atoms with van der Waals surface area (Å²) in [4.78, 5) is 0. The summed E-state index contributed by atoms with van der Waals surface area (Å²) in [6.07, 6.45) is 7.04. The monoisotopic (exact) mass is 261 g/mol. The van der Waals surface area contributed by atoms with Gasteiger partial charge in [0.1, 0.15) is 18.5 Å². The van der Waals surface area contributed by atoms with Gasteiger partial charge in [-0.25, -0.2) is 0 Å². The Balaban J connectivity index is 1.65. The summed E-state index contributed by atoms with van der Waals surface area (Å²) < 4.78 is 5.58. The molecule has 104 valence electrons. The number of hydrogen-bond donors (Lipinski definition) is 2. The predicted molar refractivity (Wildman–Crippen MR) is 77.5 cm³/mol. The minimum atomic E-state index is -0.466. The van der Waals surface area contributed by atoms with Crippen LogP contribution in [0.3, 0.4) is 0 Å². The minimum absolute atomic E-state index is 0.332. The summed E-state index contributed by atoms with van der Waals surface area (Å²) in [5.41, 5.74) is 1.29. The van der Waals surface area contributed by atoms with Gasteiger partial charge < -0.3 is 15.2 Å². The Labute approximate surface area is 115 Å². The summed E-state index contributed by atoms with van der Waals surface area (Å²) in [6.45, 7) is 3.04. The van der Waals surface area contributed by atoms with E-state index in [-0.39, 0.29) is 0 Å². The third-order valence-corrected chi connectivity index (χ3v) is 3.42. The average molecular weight is 261 g/mol. The molecule has 0 bridgehead atoms.